The molecule has 0 saturated carbocycles. The fourth-order valence-corrected chi connectivity index (χ4v) is 3.71. The van der Waals surface area contributed by atoms with Gasteiger partial charge in [-0.15, -0.1) is 0 Å². The van der Waals surface area contributed by atoms with Gasteiger partial charge in [0.05, 0.1) is 17.1 Å². The fraction of sp³-hybridized carbons (Fsp3) is 0.462. The van der Waals surface area contributed by atoms with Crippen LogP contribution in [0.4, 0.5) is 0 Å². The van der Waals surface area contributed by atoms with Crippen molar-refractivity contribution in [3.8, 4) is 0 Å². The Hall–Kier alpha value is -1.44. The number of aryl methyl sites for hydroxylation is 1. The van der Waals surface area contributed by atoms with E-state index in [2.05, 4.69) is 0 Å². The van der Waals surface area contributed by atoms with Crippen LogP contribution in [-0.2, 0) is 21.3 Å². The van der Waals surface area contributed by atoms with Gasteiger partial charge in [0.25, 0.3) is 10.0 Å². The molecule has 7 heteroatoms. The molecule has 1 N–H and O–H groups in total. The number of nitrogens with zero attached hydrogens (tertiary/aromatic N) is 1. The quantitative estimate of drug-likeness (QED) is 0.914. The van der Waals surface area contributed by atoms with Crippen LogP contribution in [0.5, 0.6) is 0 Å². The van der Waals surface area contributed by atoms with E-state index in [9.17, 15) is 13.2 Å². The van der Waals surface area contributed by atoms with Gasteiger partial charge in [0.1, 0.15) is 0 Å². The molecule has 0 spiro atoms. The molecule has 1 fully saturated rings. The molecule has 1 heterocycles. The van der Waals surface area contributed by atoms with Crippen molar-refractivity contribution in [2.24, 2.45) is 0 Å². The predicted molar refractivity (Wildman–Crippen MR) is 71.9 cm³/mol. The lowest BCUT2D eigenvalue weighted by Gasteiger charge is -2.26. The first-order valence-electron chi connectivity index (χ1n) is 6.48. The van der Waals surface area contributed by atoms with E-state index in [1.165, 1.54) is 12.1 Å². The van der Waals surface area contributed by atoms with Crippen molar-refractivity contribution in [2.75, 3.05) is 13.2 Å². The first-order chi connectivity index (χ1) is 9.46. The summed E-state index contributed by atoms with van der Waals surface area (Å²) in [5, 5.41) is 9.01. The predicted octanol–water partition coefficient (Wildman–Crippen LogP) is 1.66. The summed E-state index contributed by atoms with van der Waals surface area (Å²) in [5.41, 5.74) is 0.543. The molecule has 20 heavy (non-hydrogen) atoms. The molecule has 6 nitrogen and oxygen atoms in total. The Kier molecular flexibility index (Phi) is 4.42. The van der Waals surface area contributed by atoms with Crippen molar-refractivity contribution in [2.45, 2.75) is 31.1 Å². The van der Waals surface area contributed by atoms with E-state index in [0.717, 1.165) is 17.3 Å². The Balaban J connectivity index is 2.48. The second-order valence-corrected chi connectivity index (χ2v) is 6.35. The van der Waals surface area contributed by atoms with E-state index < -0.39 is 16.0 Å². The molecule has 0 unspecified atom stereocenters. The minimum absolute atomic E-state index is 0.0156. The maximum Gasteiger partial charge on any atom is 0.335 e. The number of aromatic carboxylic acids is 1. The molecule has 1 aliphatic rings. The van der Waals surface area contributed by atoms with Crippen LogP contribution in [0, 0.1) is 0 Å². The SMILES string of the molecule is CCc1ccc(C(=O)O)cc1S(=O)(=O)N1CCCCO1. The number of carboxylic acid groups (broad SMARTS) is 1. The highest BCUT2D eigenvalue weighted by atomic mass is 32.2. The molecule has 1 aromatic rings. The lowest BCUT2D eigenvalue weighted by molar-refractivity contribution is -0.108. The fourth-order valence-electron chi connectivity index (χ4n) is 2.09. The molecular weight excluding hydrogens is 282 g/mol. The van der Waals surface area contributed by atoms with Gasteiger partial charge < -0.3 is 5.11 Å². The van der Waals surface area contributed by atoms with Crippen LogP contribution in [0.15, 0.2) is 23.1 Å². The number of carboxylic acids is 1. The van der Waals surface area contributed by atoms with Crippen LogP contribution < -0.4 is 0 Å². The van der Waals surface area contributed by atoms with E-state index in [-0.39, 0.29) is 10.5 Å². The average Bonchev–Trinajstić information content (AvgIpc) is 2.47. The highest BCUT2D eigenvalue weighted by Gasteiger charge is 2.29. The van der Waals surface area contributed by atoms with Gasteiger partial charge in [0, 0.05) is 6.54 Å². The number of rotatable bonds is 4. The maximum absolute atomic E-state index is 12.5. The largest absolute Gasteiger partial charge is 0.478 e. The van der Waals surface area contributed by atoms with Crippen molar-refractivity contribution in [3.05, 3.63) is 29.3 Å². The van der Waals surface area contributed by atoms with Crippen molar-refractivity contribution in [1.29, 1.82) is 0 Å². The van der Waals surface area contributed by atoms with Crippen LogP contribution >= 0.6 is 0 Å². The van der Waals surface area contributed by atoms with E-state index in [1.54, 1.807) is 6.07 Å². The lowest BCUT2D eigenvalue weighted by atomic mass is 10.1. The number of hydrogen-bond donors (Lipinski definition) is 1. The second-order valence-electron chi connectivity index (χ2n) is 4.55. The van der Waals surface area contributed by atoms with Gasteiger partial charge >= 0.3 is 5.97 Å². The first kappa shape index (κ1) is 15.0. The molecule has 110 valence electrons. The van der Waals surface area contributed by atoms with E-state index in [4.69, 9.17) is 9.94 Å². The Morgan fingerprint density at radius 1 is 1.40 bits per heavy atom. The molecule has 0 bridgehead atoms. The zero-order valence-corrected chi connectivity index (χ0v) is 12.0. The Morgan fingerprint density at radius 3 is 2.70 bits per heavy atom. The Labute approximate surface area is 118 Å². The van der Waals surface area contributed by atoms with Crippen LogP contribution in [0.3, 0.4) is 0 Å². The highest BCUT2D eigenvalue weighted by molar-refractivity contribution is 7.89. The second kappa shape index (κ2) is 5.90. The highest BCUT2D eigenvalue weighted by Crippen LogP contribution is 2.24. The average molecular weight is 299 g/mol. The molecule has 1 aromatic carbocycles. The summed E-state index contributed by atoms with van der Waals surface area (Å²) in [6.45, 7) is 2.48. The van der Waals surface area contributed by atoms with Gasteiger partial charge in [0.15, 0.2) is 0 Å². The molecule has 0 atom stereocenters. The van der Waals surface area contributed by atoms with Gasteiger partial charge in [-0.1, -0.05) is 17.5 Å². The molecule has 2 rings (SSSR count). The van der Waals surface area contributed by atoms with Gasteiger partial charge in [-0.3, -0.25) is 4.84 Å². The smallest absolute Gasteiger partial charge is 0.335 e. The van der Waals surface area contributed by atoms with E-state index in [1.807, 2.05) is 6.92 Å². The number of carbonyl (C=O) groups is 1. The van der Waals surface area contributed by atoms with Crippen LogP contribution in [0.25, 0.3) is 0 Å². The maximum atomic E-state index is 12.5. The third-order valence-electron chi connectivity index (χ3n) is 3.21. The van der Waals surface area contributed by atoms with Gasteiger partial charge in [-0.05, 0) is 37.0 Å². The third-order valence-corrected chi connectivity index (χ3v) is 4.97. The van der Waals surface area contributed by atoms with Crippen LogP contribution in [-0.4, -0.2) is 37.1 Å². The number of hydroxylamine groups is 1. The third kappa shape index (κ3) is 2.84. The number of sulfonamides is 1. The molecule has 0 amide bonds. The van der Waals surface area contributed by atoms with Crippen molar-refractivity contribution in [3.63, 3.8) is 0 Å². The molecule has 0 aromatic heterocycles. The monoisotopic (exact) mass is 299 g/mol. The minimum Gasteiger partial charge on any atom is -0.478 e. The summed E-state index contributed by atoms with van der Waals surface area (Å²) in [4.78, 5) is 16.2. The summed E-state index contributed by atoms with van der Waals surface area (Å²) in [6, 6.07) is 4.16. The standard InChI is InChI=1S/C13H17NO5S/c1-2-10-5-6-11(13(15)16)9-12(10)20(17,18)14-7-3-4-8-19-14/h5-6,9H,2-4,7-8H2,1H3,(H,15,16). The minimum atomic E-state index is -3.81. The van der Waals surface area contributed by atoms with Gasteiger partial charge in [0.2, 0.25) is 0 Å². The van der Waals surface area contributed by atoms with Crippen molar-refractivity contribution in [1.82, 2.24) is 4.47 Å². The molecule has 0 radical (unpaired) electrons. The zero-order valence-electron chi connectivity index (χ0n) is 11.2. The summed E-state index contributed by atoms with van der Waals surface area (Å²) in [5.74, 6) is -1.15. The molecule has 1 saturated heterocycles. The topological polar surface area (TPSA) is 83.9 Å². The van der Waals surface area contributed by atoms with Crippen LogP contribution in [0.1, 0.15) is 35.7 Å². The molecule has 0 aliphatic carbocycles. The summed E-state index contributed by atoms with van der Waals surface area (Å²) in [7, 11) is -3.81. The molecule has 1 aliphatic heterocycles. The van der Waals surface area contributed by atoms with E-state index in [0.29, 0.717) is 25.1 Å². The van der Waals surface area contributed by atoms with Crippen molar-refractivity contribution >= 4 is 16.0 Å². The lowest BCUT2D eigenvalue weighted by Crippen LogP contribution is -2.36. The number of hydrogen-bond acceptors (Lipinski definition) is 4. The van der Waals surface area contributed by atoms with Gasteiger partial charge in [-0.2, -0.15) is 0 Å². The van der Waals surface area contributed by atoms with Crippen molar-refractivity contribution < 1.29 is 23.2 Å². The Morgan fingerprint density at radius 2 is 2.15 bits per heavy atom. The Bertz CT molecular complexity index is 605. The van der Waals surface area contributed by atoms with E-state index >= 15 is 0 Å². The summed E-state index contributed by atoms with van der Waals surface area (Å²) < 4.78 is 26.1. The number of benzene rings is 1. The van der Waals surface area contributed by atoms with Crippen LogP contribution in [0.2, 0.25) is 0 Å². The van der Waals surface area contributed by atoms with Gasteiger partial charge in [-0.25, -0.2) is 13.2 Å². The normalized spacial score (nSPS) is 17.1. The summed E-state index contributed by atoms with van der Waals surface area (Å²) in [6.07, 6.45) is 2.06. The zero-order chi connectivity index (χ0) is 14.8. The first-order valence-corrected chi connectivity index (χ1v) is 7.92. The summed E-state index contributed by atoms with van der Waals surface area (Å²) >= 11 is 0. The molecular formula is C13H17NO5S.